The van der Waals surface area contributed by atoms with Crippen molar-refractivity contribution in [3.05, 3.63) is 24.0 Å². The lowest BCUT2D eigenvalue weighted by molar-refractivity contribution is 0.204. The molecule has 1 aromatic heterocycles. The molecule has 1 aliphatic rings. The van der Waals surface area contributed by atoms with Gasteiger partial charge in [-0.15, -0.1) is 0 Å². The highest BCUT2D eigenvalue weighted by Gasteiger charge is 2.10. The van der Waals surface area contributed by atoms with Crippen LogP contribution in [0.1, 0.15) is 31.2 Å². The number of rotatable bonds is 6. The molecular formula is C18H26N4O. The second kappa shape index (κ2) is 7.59. The average molecular weight is 314 g/mol. The van der Waals surface area contributed by atoms with Gasteiger partial charge in [0.25, 0.3) is 0 Å². The molecule has 23 heavy (non-hydrogen) atoms. The van der Waals surface area contributed by atoms with E-state index in [1.54, 1.807) is 6.33 Å². The van der Waals surface area contributed by atoms with Gasteiger partial charge in [-0.1, -0.05) is 6.42 Å². The molecule has 1 aliphatic heterocycles. The summed E-state index contributed by atoms with van der Waals surface area (Å²) in [5.74, 6) is 1.78. The zero-order valence-electron chi connectivity index (χ0n) is 14.1. The number of benzene rings is 1. The van der Waals surface area contributed by atoms with Gasteiger partial charge >= 0.3 is 0 Å². The summed E-state index contributed by atoms with van der Waals surface area (Å²) < 4.78 is 6.00. The molecule has 5 nitrogen and oxygen atoms in total. The lowest BCUT2D eigenvalue weighted by atomic mass is 10.1. The third kappa shape index (κ3) is 3.91. The number of nitrogens with one attached hydrogen (secondary N) is 1. The van der Waals surface area contributed by atoms with Crippen LogP contribution in [0.2, 0.25) is 0 Å². The summed E-state index contributed by atoms with van der Waals surface area (Å²) in [4.78, 5) is 11.2. The van der Waals surface area contributed by atoms with Crippen LogP contribution in [0, 0.1) is 6.92 Å². The van der Waals surface area contributed by atoms with Crippen molar-refractivity contribution in [1.82, 2.24) is 14.9 Å². The van der Waals surface area contributed by atoms with Crippen LogP contribution < -0.4 is 10.1 Å². The van der Waals surface area contributed by atoms with Crippen molar-refractivity contribution in [3.63, 3.8) is 0 Å². The van der Waals surface area contributed by atoms with Gasteiger partial charge in [-0.05, 0) is 50.9 Å². The molecular weight excluding hydrogens is 288 g/mol. The number of piperidine rings is 1. The molecule has 0 bridgehead atoms. The van der Waals surface area contributed by atoms with Crippen molar-refractivity contribution in [1.29, 1.82) is 0 Å². The van der Waals surface area contributed by atoms with E-state index in [0.717, 1.165) is 47.6 Å². The smallest absolute Gasteiger partial charge is 0.137 e. The Labute approximate surface area is 138 Å². The number of anilines is 1. The van der Waals surface area contributed by atoms with Gasteiger partial charge in [0.05, 0.1) is 12.1 Å². The first-order valence-electron chi connectivity index (χ1n) is 8.56. The molecule has 0 spiro atoms. The van der Waals surface area contributed by atoms with Crippen LogP contribution in [0.3, 0.4) is 0 Å². The van der Waals surface area contributed by atoms with E-state index in [1.165, 1.54) is 32.4 Å². The fraction of sp³-hybridized carbons (Fsp3) is 0.556. The zero-order valence-corrected chi connectivity index (χ0v) is 14.1. The Morgan fingerprint density at radius 2 is 2.00 bits per heavy atom. The molecule has 0 radical (unpaired) electrons. The van der Waals surface area contributed by atoms with Crippen LogP contribution in [0.15, 0.2) is 18.5 Å². The number of aryl methyl sites for hydroxylation is 1. The summed E-state index contributed by atoms with van der Waals surface area (Å²) in [7, 11) is 1.88. The van der Waals surface area contributed by atoms with Crippen molar-refractivity contribution in [2.24, 2.45) is 0 Å². The van der Waals surface area contributed by atoms with E-state index in [1.807, 2.05) is 13.1 Å². The van der Waals surface area contributed by atoms with Crippen LogP contribution in [-0.2, 0) is 0 Å². The third-order valence-electron chi connectivity index (χ3n) is 4.49. The van der Waals surface area contributed by atoms with E-state index < -0.39 is 0 Å². The van der Waals surface area contributed by atoms with Gasteiger partial charge in [-0.2, -0.15) is 0 Å². The Hall–Kier alpha value is -1.88. The maximum atomic E-state index is 6.00. The average Bonchev–Trinajstić information content (AvgIpc) is 2.59. The summed E-state index contributed by atoms with van der Waals surface area (Å²) in [6.45, 7) is 6.47. The van der Waals surface area contributed by atoms with Crippen LogP contribution >= 0.6 is 0 Å². The van der Waals surface area contributed by atoms with Crippen molar-refractivity contribution < 1.29 is 4.74 Å². The fourth-order valence-electron chi connectivity index (χ4n) is 3.20. The third-order valence-corrected chi connectivity index (χ3v) is 4.49. The van der Waals surface area contributed by atoms with Crippen LogP contribution in [0.5, 0.6) is 5.75 Å². The summed E-state index contributed by atoms with van der Waals surface area (Å²) in [6.07, 6.45) is 6.74. The Bertz CT molecular complexity index is 653. The molecule has 5 heteroatoms. The van der Waals surface area contributed by atoms with Gasteiger partial charge in [0.1, 0.15) is 17.9 Å². The fourth-order valence-corrected chi connectivity index (χ4v) is 3.20. The molecule has 0 atom stereocenters. The van der Waals surface area contributed by atoms with Crippen molar-refractivity contribution >= 4 is 16.7 Å². The molecule has 1 fully saturated rings. The molecule has 0 aliphatic carbocycles. The summed E-state index contributed by atoms with van der Waals surface area (Å²) >= 11 is 0. The molecule has 2 aromatic rings. The Morgan fingerprint density at radius 3 is 2.78 bits per heavy atom. The summed E-state index contributed by atoms with van der Waals surface area (Å²) in [6, 6.07) is 4.12. The summed E-state index contributed by atoms with van der Waals surface area (Å²) in [5.41, 5.74) is 2.04. The van der Waals surface area contributed by atoms with Gasteiger partial charge in [0, 0.05) is 25.0 Å². The van der Waals surface area contributed by atoms with Gasteiger partial charge in [0.2, 0.25) is 0 Å². The van der Waals surface area contributed by atoms with E-state index in [9.17, 15) is 0 Å². The Balaban J connectivity index is 1.60. The van der Waals surface area contributed by atoms with E-state index >= 15 is 0 Å². The number of ether oxygens (including phenoxy) is 1. The number of nitrogens with zero attached hydrogens (tertiary/aromatic N) is 3. The topological polar surface area (TPSA) is 50.3 Å². The second-order valence-electron chi connectivity index (χ2n) is 6.21. The van der Waals surface area contributed by atoms with Crippen molar-refractivity contribution in [2.75, 3.05) is 38.6 Å². The first-order valence-corrected chi connectivity index (χ1v) is 8.56. The predicted molar refractivity (Wildman–Crippen MR) is 94.2 cm³/mol. The molecule has 2 heterocycles. The molecule has 1 saturated heterocycles. The Kier molecular flexibility index (Phi) is 5.28. The zero-order chi connectivity index (χ0) is 16.1. The SMILES string of the molecule is CNc1ncnc2cc(OCCCN3CCCCC3)c(C)cc12. The maximum Gasteiger partial charge on any atom is 0.137 e. The molecule has 124 valence electrons. The highest BCUT2D eigenvalue weighted by molar-refractivity contribution is 5.90. The quantitative estimate of drug-likeness (QED) is 0.830. The minimum Gasteiger partial charge on any atom is -0.493 e. The first kappa shape index (κ1) is 16.0. The van der Waals surface area contributed by atoms with Gasteiger partial charge in [0.15, 0.2) is 0 Å². The van der Waals surface area contributed by atoms with Gasteiger partial charge < -0.3 is 15.0 Å². The number of aromatic nitrogens is 2. The lowest BCUT2D eigenvalue weighted by Crippen LogP contribution is -2.31. The standard InChI is InChI=1S/C18H26N4O/c1-14-11-15-16(20-13-21-18(15)19-2)12-17(14)23-10-6-9-22-7-4-3-5-8-22/h11-13H,3-10H2,1-2H3,(H,19,20,21). The first-order chi connectivity index (χ1) is 11.3. The van der Waals surface area contributed by atoms with Crippen LogP contribution in [0.25, 0.3) is 10.9 Å². The molecule has 3 rings (SSSR count). The van der Waals surface area contributed by atoms with Crippen molar-refractivity contribution in [3.8, 4) is 5.75 Å². The second-order valence-corrected chi connectivity index (χ2v) is 6.21. The van der Waals surface area contributed by atoms with Crippen LogP contribution in [-0.4, -0.2) is 48.2 Å². The number of fused-ring (bicyclic) bond motifs is 1. The van der Waals surface area contributed by atoms with E-state index in [0.29, 0.717) is 0 Å². The number of likely N-dealkylation sites (tertiary alicyclic amines) is 1. The monoisotopic (exact) mass is 314 g/mol. The van der Waals surface area contributed by atoms with E-state index in [-0.39, 0.29) is 0 Å². The highest BCUT2D eigenvalue weighted by atomic mass is 16.5. The molecule has 0 unspecified atom stereocenters. The lowest BCUT2D eigenvalue weighted by Gasteiger charge is -2.26. The van der Waals surface area contributed by atoms with E-state index in [4.69, 9.17) is 4.74 Å². The number of hydrogen-bond acceptors (Lipinski definition) is 5. The molecule has 0 amide bonds. The largest absolute Gasteiger partial charge is 0.493 e. The maximum absolute atomic E-state index is 6.00. The molecule has 1 aromatic carbocycles. The number of hydrogen-bond donors (Lipinski definition) is 1. The van der Waals surface area contributed by atoms with Gasteiger partial charge in [-0.3, -0.25) is 0 Å². The minimum atomic E-state index is 0.757. The van der Waals surface area contributed by atoms with Crippen molar-refractivity contribution in [2.45, 2.75) is 32.6 Å². The molecule has 1 N–H and O–H groups in total. The van der Waals surface area contributed by atoms with Gasteiger partial charge in [-0.25, -0.2) is 9.97 Å². The predicted octanol–water partition coefficient (Wildman–Crippen LogP) is 3.23. The molecule has 0 saturated carbocycles. The van der Waals surface area contributed by atoms with Crippen LogP contribution in [0.4, 0.5) is 5.82 Å². The minimum absolute atomic E-state index is 0.757. The normalized spacial score (nSPS) is 15.7. The van der Waals surface area contributed by atoms with E-state index in [2.05, 4.69) is 33.2 Å². The highest BCUT2D eigenvalue weighted by Crippen LogP contribution is 2.27. The Morgan fingerprint density at radius 1 is 1.17 bits per heavy atom. The summed E-state index contributed by atoms with van der Waals surface area (Å²) in [5, 5.41) is 4.14.